The van der Waals surface area contributed by atoms with Gasteiger partial charge in [-0.2, -0.15) is 4.80 Å². The van der Waals surface area contributed by atoms with Crippen molar-refractivity contribution in [2.45, 2.75) is 11.9 Å². The monoisotopic (exact) mass is 316 g/mol. The molecule has 0 radical (unpaired) electrons. The highest BCUT2D eigenvalue weighted by Crippen LogP contribution is 2.25. The van der Waals surface area contributed by atoms with Gasteiger partial charge in [0.2, 0.25) is 5.82 Å². The molecule has 0 atom stereocenters. The lowest BCUT2D eigenvalue weighted by Crippen LogP contribution is -2.00. The number of hydrogen-bond acceptors (Lipinski definition) is 4. The van der Waals surface area contributed by atoms with Crippen LogP contribution in [0.2, 0.25) is 5.02 Å². The summed E-state index contributed by atoms with van der Waals surface area (Å²) in [4.78, 5) is 1.39. The van der Waals surface area contributed by atoms with Gasteiger partial charge in [0.25, 0.3) is 0 Å². The first kappa shape index (κ1) is 12.3. The third kappa shape index (κ3) is 3.17. The van der Waals surface area contributed by atoms with Gasteiger partial charge in [-0.15, -0.1) is 10.2 Å². The van der Waals surface area contributed by atoms with E-state index in [1.165, 1.54) is 4.80 Å². The molecular weight excluding hydrogens is 307 g/mol. The second-order valence-corrected chi connectivity index (χ2v) is 4.37. The smallest absolute Gasteiger partial charge is 0.212 e. The molecule has 0 unspecified atom stereocenters. The minimum absolute atomic E-state index is 0.287. The van der Waals surface area contributed by atoms with Crippen molar-refractivity contribution in [3.63, 3.8) is 0 Å². The average molecular weight is 318 g/mol. The molecule has 0 saturated heterocycles. The summed E-state index contributed by atoms with van der Waals surface area (Å²) in [5, 5.41) is 13.0. The van der Waals surface area contributed by atoms with E-state index in [-0.39, 0.29) is 6.61 Å². The average Bonchev–Trinajstić information content (AvgIpc) is 2.73. The fourth-order valence-corrected chi connectivity index (χ4v) is 1.95. The quantitative estimate of drug-likeness (QED) is 0.812. The third-order valence-corrected chi connectivity index (χ3v) is 2.91. The van der Waals surface area contributed by atoms with E-state index in [0.717, 1.165) is 11.3 Å². The molecule has 0 spiro atoms. The molecule has 0 aliphatic heterocycles. The molecule has 0 aliphatic carbocycles. The minimum atomic E-state index is 0.287. The van der Waals surface area contributed by atoms with Crippen LogP contribution in [0.5, 0.6) is 5.75 Å². The molecule has 0 N–H and O–H groups in total. The summed E-state index contributed by atoms with van der Waals surface area (Å²) < 4.78 is 5.62. The molecule has 1 aromatic carbocycles. The number of halogens is 2. The number of aromatic nitrogens is 4. The zero-order chi connectivity index (χ0) is 12.3. The number of tetrazole rings is 1. The topological polar surface area (TPSA) is 52.8 Å². The van der Waals surface area contributed by atoms with E-state index in [4.69, 9.17) is 16.3 Å². The molecule has 5 nitrogen and oxygen atoms in total. The summed E-state index contributed by atoms with van der Waals surface area (Å²) in [5.41, 5.74) is 0.987. The molecule has 90 valence electrons. The fourth-order valence-electron chi connectivity index (χ4n) is 1.32. The molecule has 17 heavy (non-hydrogen) atoms. The fraction of sp³-hybridized carbons (Fsp3) is 0.300. The zero-order valence-electron chi connectivity index (χ0n) is 9.10. The van der Waals surface area contributed by atoms with Crippen molar-refractivity contribution in [2.75, 3.05) is 0 Å². The molecule has 0 amide bonds. The Balaban J connectivity index is 2.08. The summed E-state index contributed by atoms with van der Waals surface area (Å²) >= 11 is 9.29. The summed E-state index contributed by atoms with van der Waals surface area (Å²) in [6.45, 7) is 0.287. The van der Waals surface area contributed by atoms with E-state index < -0.39 is 0 Å². The van der Waals surface area contributed by atoms with Crippen molar-refractivity contribution >= 4 is 27.5 Å². The highest BCUT2D eigenvalue weighted by atomic mass is 79.9. The summed E-state index contributed by atoms with van der Waals surface area (Å²) in [6, 6.07) is 5.47. The van der Waals surface area contributed by atoms with Crippen LogP contribution in [0, 0.1) is 0 Å². The van der Waals surface area contributed by atoms with Gasteiger partial charge >= 0.3 is 0 Å². The highest BCUT2D eigenvalue weighted by Gasteiger charge is 2.06. The number of rotatable bonds is 4. The maximum Gasteiger partial charge on any atom is 0.212 e. The van der Waals surface area contributed by atoms with Crippen molar-refractivity contribution in [2.24, 2.45) is 7.05 Å². The van der Waals surface area contributed by atoms with Crippen molar-refractivity contribution in [3.8, 4) is 5.75 Å². The largest absolute Gasteiger partial charge is 0.485 e. The maximum atomic E-state index is 5.90. The van der Waals surface area contributed by atoms with Crippen LogP contribution in [0.15, 0.2) is 18.2 Å². The number of hydrogen-bond donors (Lipinski definition) is 0. The molecular formula is C10H10BrClN4O. The summed E-state index contributed by atoms with van der Waals surface area (Å²) in [6.07, 6.45) is 0. The predicted molar refractivity (Wildman–Crippen MR) is 67.2 cm³/mol. The first-order valence-electron chi connectivity index (χ1n) is 4.89. The van der Waals surface area contributed by atoms with Crippen LogP contribution in [0.3, 0.4) is 0 Å². The number of benzene rings is 1. The third-order valence-electron chi connectivity index (χ3n) is 2.07. The number of nitrogens with zero attached hydrogens (tertiary/aromatic N) is 4. The van der Waals surface area contributed by atoms with Crippen LogP contribution in [0.25, 0.3) is 0 Å². The van der Waals surface area contributed by atoms with Crippen LogP contribution in [-0.4, -0.2) is 20.2 Å². The normalized spacial score (nSPS) is 10.5. The lowest BCUT2D eigenvalue weighted by molar-refractivity contribution is 0.293. The Hall–Kier alpha value is -1.14. The van der Waals surface area contributed by atoms with Crippen molar-refractivity contribution in [1.82, 2.24) is 20.2 Å². The summed E-state index contributed by atoms with van der Waals surface area (Å²) in [5.74, 6) is 1.31. The van der Waals surface area contributed by atoms with Crippen LogP contribution >= 0.6 is 27.5 Å². The van der Waals surface area contributed by atoms with Gasteiger partial charge in [0.05, 0.1) is 7.05 Å². The Morgan fingerprint density at radius 3 is 2.94 bits per heavy atom. The van der Waals surface area contributed by atoms with E-state index in [2.05, 4.69) is 31.3 Å². The van der Waals surface area contributed by atoms with Gasteiger partial charge < -0.3 is 4.74 Å². The number of ether oxygens (including phenoxy) is 1. The molecule has 2 aromatic rings. The second kappa shape index (κ2) is 5.46. The number of aryl methyl sites for hydroxylation is 1. The van der Waals surface area contributed by atoms with Gasteiger partial charge in [0.15, 0.2) is 6.61 Å². The van der Waals surface area contributed by atoms with Gasteiger partial charge in [-0.25, -0.2) is 0 Å². The van der Waals surface area contributed by atoms with Crippen LogP contribution < -0.4 is 4.74 Å². The first-order chi connectivity index (χ1) is 8.19. The molecule has 2 rings (SSSR count). The second-order valence-electron chi connectivity index (χ2n) is 3.37. The van der Waals surface area contributed by atoms with Gasteiger partial charge in [-0.1, -0.05) is 27.5 Å². The van der Waals surface area contributed by atoms with Crippen LogP contribution in [-0.2, 0) is 19.0 Å². The maximum absolute atomic E-state index is 5.90. The minimum Gasteiger partial charge on any atom is -0.485 e. The van der Waals surface area contributed by atoms with Crippen molar-refractivity contribution < 1.29 is 4.74 Å². The lowest BCUT2D eigenvalue weighted by atomic mass is 10.2. The molecule has 1 heterocycles. The first-order valence-corrected chi connectivity index (χ1v) is 6.39. The van der Waals surface area contributed by atoms with Crippen LogP contribution in [0.4, 0.5) is 0 Å². The van der Waals surface area contributed by atoms with E-state index >= 15 is 0 Å². The van der Waals surface area contributed by atoms with Gasteiger partial charge in [-0.05, 0) is 23.4 Å². The lowest BCUT2D eigenvalue weighted by Gasteiger charge is -2.08. The molecule has 1 aromatic heterocycles. The Labute approximate surface area is 112 Å². The van der Waals surface area contributed by atoms with E-state index in [1.807, 2.05) is 12.1 Å². The predicted octanol–water partition coefficient (Wildman–Crippen LogP) is 2.34. The van der Waals surface area contributed by atoms with E-state index in [0.29, 0.717) is 16.2 Å². The Kier molecular flexibility index (Phi) is 3.96. The van der Waals surface area contributed by atoms with Crippen molar-refractivity contribution in [3.05, 3.63) is 34.6 Å². The molecule has 0 bridgehead atoms. The van der Waals surface area contributed by atoms with E-state index in [1.54, 1.807) is 13.1 Å². The zero-order valence-corrected chi connectivity index (χ0v) is 11.4. The van der Waals surface area contributed by atoms with Gasteiger partial charge in [-0.3, -0.25) is 0 Å². The molecule has 7 heteroatoms. The Bertz CT molecular complexity index is 517. The molecule has 0 saturated carbocycles. The van der Waals surface area contributed by atoms with Crippen molar-refractivity contribution in [1.29, 1.82) is 0 Å². The highest BCUT2D eigenvalue weighted by molar-refractivity contribution is 9.08. The molecule has 0 fully saturated rings. The standard InChI is InChI=1S/C10H10BrClN4O/c1-16-14-10(13-15-16)6-17-9-3-2-8(12)4-7(9)5-11/h2-4H,5-6H2,1H3. The van der Waals surface area contributed by atoms with E-state index in [9.17, 15) is 0 Å². The SMILES string of the molecule is Cn1nnc(COc2ccc(Cl)cc2CBr)n1. The summed E-state index contributed by atoms with van der Waals surface area (Å²) in [7, 11) is 1.71. The molecule has 0 aliphatic rings. The Morgan fingerprint density at radius 2 is 2.29 bits per heavy atom. The van der Waals surface area contributed by atoms with Gasteiger partial charge in [0.1, 0.15) is 5.75 Å². The Morgan fingerprint density at radius 1 is 1.47 bits per heavy atom. The van der Waals surface area contributed by atoms with Gasteiger partial charge in [0, 0.05) is 15.9 Å². The number of alkyl halides is 1. The van der Waals surface area contributed by atoms with Crippen LogP contribution in [0.1, 0.15) is 11.4 Å².